The summed E-state index contributed by atoms with van der Waals surface area (Å²) >= 11 is 0. The summed E-state index contributed by atoms with van der Waals surface area (Å²) in [5.41, 5.74) is 3.12. The van der Waals surface area contributed by atoms with Crippen LogP contribution in [0, 0.1) is 6.92 Å². The third-order valence-corrected chi connectivity index (χ3v) is 7.07. The first kappa shape index (κ1) is 19.4. The second-order valence-electron chi connectivity index (χ2n) is 8.85. The summed E-state index contributed by atoms with van der Waals surface area (Å²) in [6.07, 6.45) is 8.10. The average Bonchev–Trinajstić information content (AvgIpc) is 3.54. The van der Waals surface area contributed by atoms with E-state index in [-0.39, 0.29) is 18.2 Å². The summed E-state index contributed by atoms with van der Waals surface area (Å²) in [6.45, 7) is 3.34. The number of aryl methyl sites for hydroxylation is 1. The standard InChI is InChI=1S/C24H25N5O3/c1-16-19(18-13-26-31-15-18)14-25-23(27-16)28-11-9-24(10-12-28)22(30)29-20(7-8-21(29)32-24)17-5-3-2-4-6-17/h2-6,13-15,20-21H,7-12H2,1H3/t20-,21+/m0/s1. The highest BCUT2D eigenvalue weighted by Gasteiger charge is 2.58. The number of ether oxygens (including phenoxy) is 1. The molecule has 0 radical (unpaired) electrons. The molecule has 0 saturated carbocycles. The maximum absolute atomic E-state index is 13.6. The number of anilines is 1. The summed E-state index contributed by atoms with van der Waals surface area (Å²) in [5, 5.41) is 3.76. The molecule has 3 aromatic rings. The van der Waals surface area contributed by atoms with Gasteiger partial charge in [-0.2, -0.15) is 0 Å². The molecule has 32 heavy (non-hydrogen) atoms. The van der Waals surface area contributed by atoms with Gasteiger partial charge in [0.05, 0.1) is 17.9 Å². The van der Waals surface area contributed by atoms with E-state index in [2.05, 4.69) is 27.2 Å². The van der Waals surface area contributed by atoms with Crippen molar-refractivity contribution in [3.63, 3.8) is 0 Å². The van der Waals surface area contributed by atoms with Gasteiger partial charge in [0.1, 0.15) is 12.5 Å². The van der Waals surface area contributed by atoms with Gasteiger partial charge >= 0.3 is 0 Å². The Labute approximate surface area is 186 Å². The zero-order valence-corrected chi connectivity index (χ0v) is 18.0. The summed E-state index contributed by atoms with van der Waals surface area (Å²) < 4.78 is 11.4. The molecular formula is C24H25N5O3. The van der Waals surface area contributed by atoms with E-state index in [1.807, 2.05) is 36.2 Å². The van der Waals surface area contributed by atoms with Crippen molar-refractivity contribution in [1.82, 2.24) is 20.0 Å². The van der Waals surface area contributed by atoms with Crippen LogP contribution in [0.25, 0.3) is 11.1 Å². The highest BCUT2D eigenvalue weighted by Crippen LogP contribution is 2.47. The monoisotopic (exact) mass is 431 g/mol. The van der Waals surface area contributed by atoms with Crippen molar-refractivity contribution in [2.24, 2.45) is 0 Å². The Morgan fingerprint density at radius 3 is 2.62 bits per heavy atom. The van der Waals surface area contributed by atoms with Gasteiger partial charge in [-0.3, -0.25) is 4.79 Å². The van der Waals surface area contributed by atoms with E-state index in [4.69, 9.17) is 14.2 Å². The summed E-state index contributed by atoms with van der Waals surface area (Å²) in [4.78, 5) is 27.0. The van der Waals surface area contributed by atoms with Gasteiger partial charge in [0.25, 0.3) is 5.91 Å². The molecular weight excluding hydrogens is 406 g/mol. The topological polar surface area (TPSA) is 84.6 Å². The largest absolute Gasteiger partial charge is 0.364 e. The smallest absolute Gasteiger partial charge is 0.257 e. The van der Waals surface area contributed by atoms with Crippen LogP contribution < -0.4 is 4.90 Å². The van der Waals surface area contributed by atoms with E-state index in [9.17, 15) is 4.79 Å². The molecule has 0 bridgehead atoms. The molecule has 8 heteroatoms. The van der Waals surface area contributed by atoms with Gasteiger partial charge in [-0.05, 0) is 25.3 Å². The molecule has 3 aliphatic heterocycles. The third kappa shape index (κ3) is 3.01. The van der Waals surface area contributed by atoms with Crippen LogP contribution in [0.15, 0.2) is 53.5 Å². The first-order valence-electron chi connectivity index (χ1n) is 11.2. The van der Waals surface area contributed by atoms with Crippen LogP contribution in [0.3, 0.4) is 0 Å². The summed E-state index contributed by atoms with van der Waals surface area (Å²) in [7, 11) is 0. The number of aromatic nitrogens is 3. The molecule has 0 N–H and O–H groups in total. The number of hydrogen-bond acceptors (Lipinski definition) is 7. The summed E-state index contributed by atoms with van der Waals surface area (Å²) in [6, 6.07) is 10.4. The van der Waals surface area contributed by atoms with Crippen molar-refractivity contribution in [3.8, 4) is 11.1 Å². The van der Waals surface area contributed by atoms with Crippen molar-refractivity contribution >= 4 is 11.9 Å². The lowest BCUT2D eigenvalue weighted by Gasteiger charge is -2.37. The first-order valence-corrected chi connectivity index (χ1v) is 11.2. The molecule has 2 atom stereocenters. The average molecular weight is 431 g/mol. The number of amides is 1. The van der Waals surface area contributed by atoms with Crippen LogP contribution in [0.2, 0.25) is 0 Å². The van der Waals surface area contributed by atoms with Crippen molar-refractivity contribution in [2.75, 3.05) is 18.0 Å². The molecule has 0 aliphatic carbocycles. The molecule has 1 spiro atoms. The van der Waals surface area contributed by atoms with Gasteiger partial charge in [-0.25, -0.2) is 9.97 Å². The second-order valence-corrected chi connectivity index (χ2v) is 8.85. The van der Waals surface area contributed by atoms with Crippen LogP contribution in [-0.4, -0.2) is 50.9 Å². The fraction of sp³-hybridized carbons (Fsp3) is 0.417. The minimum Gasteiger partial charge on any atom is -0.364 e. The molecule has 3 aliphatic rings. The van der Waals surface area contributed by atoms with Crippen molar-refractivity contribution < 1.29 is 14.1 Å². The zero-order chi connectivity index (χ0) is 21.7. The lowest BCUT2D eigenvalue weighted by Crippen LogP contribution is -2.50. The van der Waals surface area contributed by atoms with E-state index in [0.717, 1.165) is 29.7 Å². The Morgan fingerprint density at radius 2 is 1.91 bits per heavy atom. The molecule has 164 valence electrons. The number of carbonyl (C=O) groups excluding carboxylic acids is 1. The quantitative estimate of drug-likeness (QED) is 0.627. The highest BCUT2D eigenvalue weighted by atomic mass is 16.6. The Hall–Kier alpha value is -3.26. The van der Waals surface area contributed by atoms with E-state index in [1.165, 1.54) is 5.56 Å². The Morgan fingerprint density at radius 1 is 1.09 bits per heavy atom. The lowest BCUT2D eigenvalue weighted by molar-refractivity contribution is -0.140. The fourth-order valence-corrected chi connectivity index (χ4v) is 5.34. The van der Waals surface area contributed by atoms with Crippen molar-refractivity contribution in [1.29, 1.82) is 0 Å². The van der Waals surface area contributed by atoms with Crippen molar-refractivity contribution in [3.05, 3.63) is 60.2 Å². The number of carbonyl (C=O) groups is 1. The van der Waals surface area contributed by atoms with Crippen LogP contribution in [0.1, 0.15) is 43.0 Å². The minimum atomic E-state index is -0.716. The van der Waals surface area contributed by atoms with Crippen LogP contribution in [-0.2, 0) is 9.53 Å². The van der Waals surface area contributed by atoms with Gasteiger partial charge in [-0.15, -0.1) is 0 Å². The number of hydrogen-bond donors (Lipinski definition) is 0. The molecule has 8 nitrogen and oxygen atoms in total. The summed E-state index contributed by atoms with van der Waals surface area (Å²) in [5.74, 6) is 0.832. The number of fused-ring (bicyclic) bond motifs is 1. The number of piperidine rings is 1. The Balaban J connectivity index is 1.18. The predicted octanol–water partition coefficient (Wildman–Crippen LogP) is 3.50. The van der Waals surface area contributed by atoms with Gasteiger partial charge < -0.3 is 19.1 Å². The van der Waals surface area contributed by atoms with E-state index < -0.39 is 5.60 Å². The Bertz CT molecular complexity index is 1130. The first-order chi connectivity index (χ1) is 15.6. The fourth-order valence-electron chi connectivity index (χ4n) is 5.34. The van der Waals surface area contributed by atoms with Gasteiger partial charge in [0.2, 0.25) is 5.95 Å². The maximum Gasteiger partial charge on any atom is 0.257 e. The third-order valence-electron chi connectivity index (χ3n) is 7.07. The molecule has 5 heterocycles. The van der Waals surface area contributed by atoms with E-state index in [0.29, 0.717) is 31.9 Å². The second kappa shape index (κ2) is 7.41. The molecule has 6 rings (SSSR count). The SMILES string of the molecule is Cc1nc(N2CCC3(CC2)O[C@@H]2CC[C@@H](c4ccccc4)N2C3=O)ncc1-c1cnoc1. The molecule has 1 amide bonds. The zero-order valence-electron chi connectivity index (χ0n) is 18.0. The van der Waals surface area contributed by atoms with E-state index in [1.54, 1.807) is 12.5 Å². The molecule has 3 fully saturated rings. The number of benzene rings is 1. The number of nitrogens with zero attached hydrogens (tertiary/aromatic N) is 5. The highest BCUT2D eigenvalue weighted by molar-refractivity contribution is 5.88. The number of rotatable bonds is 3. The predicted molar refractivity (Wildman–Crippen MR) is 117 cm³/mol. The molecule has 2 aromatic heterocycles. The van der Waals surface area contributed by atoms with Gasteiger partial charge in [-0.1, -0.05) is 35.5 Å². The lowest BCUT2D eigenvalue weighted by atomic mass is 9.89. The normalized spacial score (nSPS) is 24.3. The van der Waals surface area contributed by atoms with Crippen LogP contribution in [0.4, 0.5) is 5.95 Å². The van der Waals surface area contributed by atoms with Gasteiger partial charge in [0, 0.05) is 43.3 Å². The Kier molecular flexibility index (Phi) is 4.50. The van der Waals surface area contributed by atoms with Gasteiger partial charge in [0.15, 0.2) is 5.60 Å². The van der Waals surface area contributed by atoms with Crippen molar-refractivity contribution in [2.45, 2.75) is 50.5 Å². The van der Waals surface area contributed by atoms with E-state index >= 15 is 0 Å². The molecule has 1 aromatic carbocycles. The molecule has 0 unspecified atom stereocenters. The maximum atomic E-state index is 13.6. The van der Waals surface area contributed by atoms with Crippen LogP contribution in [0.5, 0.6) is 0 Å². The minimum absolute atomic E-state index is 0.111. The van der Waals surface area contributed by atoms with Crippen LogP contribution >= 0.6 is 0 Å². The molecule has 3 saturated heterocycles.